The standard InChI is InChI=1S/C12H14F2O2S/c1-3-10(11(15)16-2)8-4-6-9(7-5-8)17-12(13)14/h4-7,10,12H,3H2,1-2H3. The van der Waals surface area contributed by atoms with Crippen molar-refractivity contribution in [2.75, 3.05) is 7.11 Å². The fourth-order valence-corrected chi connectivity index (χ4v) is 2.06. The third-order valence-corrected chi connectivity index (χ3v) is 3.12. The first kappa shape index (κ1) is 14.0. The van der Waals surface area contributed by atoms with Gasteiger partial charge < -0.3 is 4.74 Å². The summed E-state index contributed by atoms with van der Waals surface area (Å²) in [6.07, 6.45) is 0.619. The van der Waals surface area contributed by atoms with Crippen molar-refractivity contribution in [3.63, 3.8) is 0 Å². The largest absolute Gasteiger partial charge is 0.469 e. The van der Waals surface area contributed by atoms with Crippen LogP contribution in [-0.2, 0) is 9.53 Å². The molecule has 0 aliphatic rings. The summed E-state index contributed by atoms with van der Waals surface area (Å²) >= 11 is 0.491. The first-order valence-electron chi connectivity index (χ1n) is 5.21. The molecule has 0 saturated heterocycles. The van der Waals surface area contributed by atoms with Crippen molar-refractivity contribution in [2.45, 2.75) is 29.9 Å². The van der Waals surface area contributed by atoms with E-state index in [0.717, 1.165) is 5.56 Å². The summed E-state index contributed by atoms with van der Waals surface area (Å²) in [6.45, 7) is 1.88. The number of alkyl halides is 2. The van der Waals surface area contributed by atoms with E-state index in [9.17, 15) is 13.6 Å². The number of ether oxygens (including phenoxy) is 1. The van der Waals surface area contributed by atoms with Gasteiger partial charge in [0, 0.05) is 4.90 Å². The lowest BCUT2D eigenvalue weighted by molar-refractivity contribution is -0.142. The summed E-state index contributed by atoms with van der Waals surface area (Å²) in [4.78, 5) is 11.9. The molecular formula is C12H14F2O2S. The molecule has 0 aliphatic heterocycles. The van der Waals surface area contributed by atoms with Crippen LogP contribution in [0, 0.1) is 0 Å². The Bertz CT molecular complexity index is 365. The number of methoxy groups -OCH3 is 1. The molecule has 0 N–H and O–H groups in total. The molecule has 0 aromatic heterocycles. The third kappa shape index (κ3) is 4.00. The Morgan fingerprint density at radius 3 is 2.35 bits per heavy atom. The number of benzene rings is 1. The number of hydrogen-bond acceptors (Lipinski definition) is 3. The number of hydrogen-bond donors (Lipinski definition) is 0. The Balaban J connectivity index is 2.81. The molecule has 0 bridgehead atoms. The van der Waals surface area contributed by atoms with Crippen LogP contribution in [0.15, 0.2) is 29.2 Å². The zero-order valence-electron chi connectivity index (χ0n) is 9.65. The van der Waals surface area contributed by atoms with E-state index in [0.29, 0.717) is 23.1 Å². The van der Waals surface area contributed by atoms with Gasteiger partial charge >= 0.3 is 5.97 Å². The monoisotopic (exact) mass is 260 g/mol. The molecule has 1 aromatic carbocycles. The lowest BCUT2D eigenvalue weighted by atomic mass is 9.97. The second-order valence-electron chi connectivity index (χ2n) is 3.43. The highest BCUT2D eigenvalue weighted by Crippen LogP contribution is 2.28. The van der Waals surface area contributed by atoms with Gasteiger partial charge in [-0.05, 0) is 24.1 Å². The Hall–Kier alpha value is -1.10. The van der Waals surface area contributed by atoms with Crippen LogP contribution in [0.3, 0.4) is 0 Å². The molecule has 1 rings (SSSR count). The first-order valence-corrected chi connectivity index (χ1v) is 6.09. The van der Waals surface area contributed by atoms with Crippen molar-refractivity contribution >= 4 is 17.7 Å². The fourth-order valence-electron chi connectivity index (χ4n) is 1.56. The average molecular weight is 260 g/mol. The zero-order chi connectivity index (χ0) is 12.8. The van der Waals surface area contributed by atoms with Gasteiger partial charge in [-0.1, -0.05) is 30.8 Å². The van der Waals surface area contributed by atoms with Crippen molar-refractivity contribution in [3.05, 3.63) is 29.8 Å². The third-order valence-electron chi connectivity index (χ3n) is 2.40. The smallest absolute Gasteiger partial charge is 0.313 e. The molecule has 0 radical (unpaired) electrons. The Morgan fingerprint density at radius 1 is 1.35 bits per heavy atom. The topological polar surface area (TPSA) is 26.3 Å². The molecule has 0 heterocycles. The molecule has 94 valence electrons. The van der Waals surface area contributed by atoms with Crippen LogP contribution >= 0.6 is 11.8 Å². The van der Waals surface area contributed by atoms with Crippen LogP contribution in [0.25, 0.3) is 0 Å². The van der Waals surface area contributed by atoms with E-state index in [1.807, 2.05) is 6.92 Å². The molecule has 0 aliphatic carbocycles. The van der Waals surface area contributed by atoms with Crippen molar-refractivity contribution in [2.24, 2.45) is 0 Å². The molecule has 5 heteroatoms. The number of thioether (sulfide) groups is 1. The summed E-state index contributed by atoms with van der Waals surface area (Å²) in [6, 6.07) is 6.57. The summed E-state index contributed by atoms with van der Waals surface area (Å²) in [5, 5.41) is 0. The molecular weight excluding hydrogens is 246 g/mol. The minimum absolute atomic E-state index is 0.304. The lowest BCUT2D eigenvalue weighted by Crippen LogP contribution is -2.13. The van der Waals surface area contributed by atoms with Gasteiger partial charge in [-0.15, -0.1) is 0 Å². The van der Waals surface area contributed by atoms with Crippen molar-refractivity contribution in [1.29, 1.82) is 0 Å². The van der Waals surface area contributed by atoms with E-state index in [4.69, 9.17) is 0 Å². The SMILES string of the molecule is CCC(C(=O)OC)c1ccc(SC(F)F)cc1. The molecule has 2 nitrogen and oxygen atoms in total. The van der Waals surface area contributed by atoms with Crippen LogP contribution < -0.4 is 0 Å². The second-order valence-corrected chi connectivity index (χ2v) is 4.49. The predicted molar refractivity (Wildman–Crippen MR) is 63.4 cm³/mol. The Labute approximate surface area is 103 Å². The molecule has 0 amide bonds. The maximum Gasteiger partial charge on any atom is 0.313 e. The molecule has 17 heavy (non-hydrogen) atoms. The maximum atomic E-state index is 12.1. The molecule has 0 fully saturated rings. The van der Waals surface area contributed by atoms with Crippen molar-refractivity contribution in [1.82, 2.24) is 0 Å². The van der Waals surface area contributed by atoms with Crippen LogP contribution in [0.1, 0.15) is 24.8 Å². The van der Waals surface area contributed by atoms with E-state index in [-0.39, 0.29) is 11.9 Å². The highest BCUT2D eigenvalue weighted by Gasteiger charge is 2.19. The predicted octanol–water partition coefficient (Wildman–Crippen LogP) is 3.67. The van der Waals surface area contributed by atoms with Crippen LogP contribution in [0.5, 0.6) is 0 Å². The first-order chi connectivity index (χ1) is 8.08. The summed E-state index contributed by atoms with van der Waals surface area (Å²) in [5.74, 6) is -3.06. The summed E-state index contributed by atoms with van der Waals surface area (Å²) in [5.41, 5.74) is 0.790. The number of rotatable bonds is 5. The van der Waals surface area contributed by atoms with Gasteiger partial charge in [0.25, 0.3) is 5.76 Å². The number of halogens is 2. The van der Waals surface area contributed by atoms with Gasteiger partial charge in [0.2, 0.25) is 0 Å². The minimum atomic E-state index is -2.43. The molecule has 0 saturated carbocycles. The van der Waals surface area contributed by atoms with Crippen LogP contribution in [0.4, 0.5) is 8.78 Å². The van der Waals surface area contributed by atoms with Gasteiger partial charge in [-0.3, -0.25) is 4.79 Å². The molecule has 1 unspecified atom stereocenters. The van der Waals surface area contributed by atoms with E-state index in [1.54, 1.807) is 24.3 Å². The lowest BCUT2D eigenvalue weighted by Gasteiger charge is -2.13. The highest BCUT2D eigenvalue weighted by atomic mass is 32.2. The average Bonchev–Trinajstić information content (AvgIpc) is 2.31. The number of carbonyl (C=O) groups excluding carboxylic acids is 1. The number of carbonyl (C=O) groups is 1. The zero-order valence-corrected chi connectivity index (χ0v) is 10.5. The Kier molecular flexibility index (Phi) is 5.41. The van der Waals surface area contributed by atoms with Crippen LogP contribution in [-0.4, -0.2) is 18.8 Å². The summed E-state index contributed by atoms with van der Waals surface area (Å²) in [7, 11) is 1.34. The summed E-state index contributed by atoms with van der Waals surface area (Å²) < 4.78 is 28.9. The van der Waals surface area contributed by atoms with Gasteiger partial charge in [-0.2, -0.15) is 8.78 Å². The highest BCUT2D eigenvalue weighted by molar-refractivity contribution is 7.99. The Morgan fingerprint density at radius 2 is 1.94 bits per heavy atom. The quantitative estimate of drug-likeness (QED) is 0.597. The molecule has 0 spiro atoms. The van der Waals surface area contributed by atoms with E-state index in [1.165, 1.54) is 7.11 Å². The molecule has 1 atom stereocenters. The van der Waals surface area contributed by atoms with E-state index in [2.05, 4.69) is 4.74 Å². The molecule has 1 aromatic rings. The minimum Gasteiger partial charge on any atom is -0.469 e. The van der Waals surface area contributed by atoms with Crippen molar-refractivity contribution in [3.8, 4) is 0 Å². The van der Waals surface area contributed by atoms with Crippen LogP contribution in [0.2, 0.25) is 0 Å². The van der Waals surface area contributed by atoms with Gasteiger partial charge in [0.15, 0.2) is 0 Å². The number of esters is 1. The van der Waals surface area contributed by atoms with E-state index >= 15 is 0 Å². The van der Waals surface area contributed by atoms with E-state index < -0.39 is 5.76 Å². The maximum absolute atomic E-state index is 12.1. The fraction of sp³-hybridized carbons (Fsp3) is 0.417. The second kappa shape index (κ2) is 6.59. The van der Waals surface area contributed by atoms with Gasteiger partial charge in [0.05, 0.1) is 13.0 Å². The van der Waals surface area contributed by atoms with Gasteiger partial charge in [0.1, 0.15) is 0 Å². The normalized spacial score (nSPS) is 12.5. The van der Waals surface area contributed by atoms with Crippen molar-refractivity contribution < 1.29 is 18.3 Å². The van der Waals surface area contributed by atoms with Gasteiger partial charge in [-0.25, -0.2) is 0 Å².